The largest absolute Gasteiger partial charge is 0.312 e. The fourth-order valence-corrected chi connectivity index (χ4v) is 4.90. The van der Waals surface area contributed by atoms with E-state index < -0.39 is 10.0 Å². The van der Waals surface area contributed by atoms with Crippen LogP contribution in [0.2, 0.25) is 0 Å². The molecular formula is C21H28N2O2S. The summed E-state index contributed by atoms with van der Waals surface area (Å²) in [5.41, 5.74) is 2.10. The van der Waals surface area contributed by atoms with E-state index in [2.05, 4.69) is 23.9 Å². The van der Waals surface area contributed by atoms with Crippen LogP contribution < -0.4 is 10.0 Å². The van der Waals surface area contributed by atoms with Gasteiger partial charge in [-0.25, -0.2) is 13.1 Å². The summed E-state index contributed by atoms with van der Waals surface area (Å²) in [7, 11) is -3.47. The van der Waals surface area contributed by atoms with Crippen LogP contribution >= 0.6 is 0 Å². The Morgan fingerprint density at radius 2 is 1.35 bits per heavy atom. The van der Waals surface area contributed by atoms with Gasteiger partial charge in [0.2, 0.25) is 10.0 Å². The van der Waals surface area contributed by atoms with Crippen molar-refractivity contribution >= 4 is 10.0 Å². The van der Waals surface area contributed by atoms with Crippen molar-refractivity contribution in [2.75, 3.05) is 0 Å². The normalized spacial score (nSPS) is 21.0. The van der Waals surface area contributed by atoms with E-state index in [-0.39, 0.29) is 6.04 Å². The second-order valence-electron chi connectivity index (χ2n) is 7.38. The third-order valence-corrected chi connectivity index (χ3v) is 6.43. The zero-order valence-electron chi connectivity index (χ0n) is 15.5. The van der Waals surface area contributed by atoms with E-state index in [0.717, 1.165) is 36.8 Å². The Balaban J connectivity index is 1.62. The van der Waals surface area contributed by atoms with Gasteiger partial charge in [-0.3, -0.25) is 0 Å². The third-order valence-electron chi connectivity index (χ3n) is 4.89. The van der Waals surface area contributed by atoms with Crippen molar-refractivity contribution in [3.63, 3.8) is 0 Å². The molecule has 0 aliphatic heterocycles. The van der Waals surface area contributed by atoms with Crippen molar-refractivity contribution in [2.24, 2.45) is 0 Å². The fourth-order valence-electron chi connectivity index (χ4n) is 3.59. The molecule has 0 bridgehead atoms. The van der Waals surface area contributed by atoms with Crippen LogP contribution in [0.4, 0.5) is 0 Å². The number of nitrogens with one attached hydrogen (secondary N) is 2. The second-order valence-corrected chi connectivity index (χ2v) is 9.10. The first kappa shape index (κ1) is 19.1. The monoisotopic (exact) mass is 372 g/mol. The van der Waals surface area contributed by atoms with Gasteiger partial charge in [0.1, 0.15) is 0 Å². The molecular weight excluding hydrogens is 344 g/mol. The van der Waals surface area contributed by atoms with E-state index in [4.69, 9.17) is 0 Å². The van der Waals surface area contributed by atoms with E-state index in [0.29, 0.717) is 17.0 Å². The number of rotatable bonds is 6. The van der Waals surface area contributed by atoms with Crippen LogP contribution in [0, 0.1) is 0 Å². The van der Waals surface area contributed by atoms with Gasteiger partial charge in [-0.1, -0.05) is 56.3 Å². The van der Waals surface area contributed by atoms with E-state index in [9.17, 15) is 8.42 Å². The average molecular weight is 373 g/mol. The van der Waals surface area contributed by atoms with Gasteiger partial charge in [0.25, 0.3) is 0 Å². The fraction of sp³-hybridized carbons (Fsp3) is 0.429. The lowest BCUT2D eigenvalue weighted by molar-refractivity contribution is 0.314. The molecule has 2 aromatic carbocycles. The summed E-state index contributed by atoms with van der Waals surface area (Å²) < 4.78 is 28.3. The minimum absolute atomic E-state index is 0.0269. The molecule has 26 heavy (non-hydrogen) atoms. The lowest BCUT2D eigenvalue weighted by atomic mass is 9.91. The van der Waals surface area contributed by atoms with Crippen molar-refractivity contribution in [3.05, 3.63) is 54.6 Å². The van der Waals surface area contributed by atoms with Crippen molar-refractivity contribution in [1.29, 1.82) is 0 Å². The van der Waals surface area contributed by atoms with Gasteiger partial charge < -0.3 is 5.32 Å². The van der Waals surface area contributed by atoms with Gasteiger partial charge in [0.05, 0.1) is 4.90 Å². The zero-order valence-corrected chi connectivity index (χ0v) is 16.3. The molecule has 5 heteroatoms. The number of sulfonamides is 1. The number of hydrogen-bond acceptors (Lipinski definition) is 3. The summed E-state index contributed by atoms with van der Waals surface area (Å²) in [6, 6.07) is 18.1. The number of benzene rings is 2. The Kier molecular flexibility index (Phi) is 6.12. The SMILES string of the molecule is CC(C)NC1CCC(NS(=O)(=O)c2ccc(-c3ccccc3)cc2)CC1. The minimum atomic E-state index is -3.47. The maximum Gasteiger partial charge on any atom is 0.240 e. The van der Waals surface area contributed by atoms with Crippen LogP contribution in [-0.2, 0) is 10.0 Å². The van der Waals surface area contributed by atoms with Gasteiger partial charge in [0, 0.05) is 18.1 Å². The summed E-state index contributed by atoms with van der Waals surface area (Å²) in [6.45, 7) is 4.29. The molecule has 0 heterocycles. The summed E-state index contributed by atoms with van der Waals surface area (Å²) in [5, 5.41) is 3.54. The highest BCUT2D eigenvalue weighted by Gasteiger charge is 2.25. The van der Waals surface area contributed by atoms with Crippen LogP contribution in [0.25, 0.3) is 11.1 Å². The summed E-state index contributed by atoms with van der Waals surface area (Å²) in [4.78, 5) is 0.333. The standard InChI is InChI=1S/C21H28N2O2S/c1-16(2)22-19-10-12-20(13-11-19)23-26(24,25)21-14-8-18(9-15-21)17-6-4-3-5-7-17/h3-9,14-16,19-20,22-23H,10-13H2,1-2H3. The quantitative estimate of drug-likeness (QED) is 0.807. The third kappa shape index (κ3) is 4.93. The van der Waals surface area contributed by atoms with E-state index in [1.807, 2.05) is 42.5 Å². The molecule has 1 saturated carbocycles. The Morgan fingerprint density at radius 1 is 0.808 bits per heavy atom. The molecule has 0 saturated heterocycles. The zero-order chi connectivity index (χ0) is 18.6. The van der Waals surface area contributed by atoms with Gasteiger partial charge in [0.15, 0.2) is 0 Å². The molecule has 0 spiro atoms. The highest BCUT2D eigenvalue weighted by molar-refractivity contribution is 7.89. The molecule has 0 aromatic heterocycles. The maximum atomic E-state index is 12.7. The molecule has 1 aliphatic carbocycles. The van der Waals surface area contributed by atoms with Crippen LogP contribution in [0.15, 0.2) is 59.5 Å². The van der Waals surface area contributed by atoms with Crippen LogP contribution in [-0.4, -0.2) is 26.5 Å². The summed E-state index contributed by atoms with van der Waals surface area (Å²) in [5.74, 6) is 0. The van der Waals surface area contributed by atoms with Crippen LogP contribution in [0.3, 0.4) is 0 Å². The molecule has 0 radical (unpaired) electrons. The van der Waals surface area contributed by atoms with E-state index >= 15 is 0 Å². The maximum absolute atomic E-state index is 12.7. The first-order chi connectivity index (χ1) is 12.4. The Hall–Kier alpha value is -1.69. The summed E-state index contributed by atoms with van der Waals surface area (Å²) >= 11 is 0. The van der Waals surface area contributed by atoms with Crippen LogP contribution in [0.1, 0.15) is 39.5 Å². The van der Waals surface area contributed by atoms with Gasteiger partial charge >= 0.3 is 0 Å². The average Bonchev–Trinajstić information content (AvgIpc) is 2.64. The Bertz CT molecular complexity index is 794. The topological polar surface area (TPSA) is 58.2 Å². The lowest BCUT2D eigenvalue weighted by Crippen LogP contribution is -2.43. The lowest BCUT2D eigenvalue weighted by Gasteiger charge is -2.30. The van der Waals surface area contributed by atoms with Gasteiger partial charge in [-0.05, 0) is 48.9 Å². The Labute approximate surface area is 157 Å². The van der Waals surface area contributed by atoms with Crippen molar-refractivity contribution in [1.82, 2.24) is 10.0 Å². The molecule has 0 atom stereocenters. The molecule has 0 amide bonds. The minimum Gasteiger partial charge on any atom is -0.312 e. The summed E-state index contributed by atoms with van der Waals surface area (Å²) in [6.07, 6.45) is 3.79. The smallest absolute Gasteiger partial charge is 0.240 e. The van der Waals surface area contributed by atoms with E-state index in [1.165, 1.54) is 0 Å². The molecule has 4 nitrogen and oxygen atoms in total. The predicted molar refractivity (Wildman–Crippen MR) is 107 cm³/mol. The van der Waals surface area contributed by atoms with Crippen molar-refractivity contribution in [2.45, 2.75) is 62.6 Å². The molecule has 1 fully saturated rings. The molecule has 1 aliphatic rings. The first-order valence-electron chi connectivity index (χ1n) is 9.38. The number of hydrogen-bond donors (Lipinski definition) is 2. The predicted octanol–water partition coefficient (Wildman–Crippen LogP) is 3.94. The second kappa shape index (κ2) is 8.33. The van der Waals surface area contributed by atoms with Crippen molar-refractivity contribution in [3.8, 4) is 11.1 Å². The molecule has 0 unspecified atom stereocenters. The highest BCUT2D eigenvalue weighted by atomic mass is 32.2. The van der Waals surface area contributed by atoms with Gasteiger partial charge in [-0.15, -0.1) is 0 Å². The molecule has 3 rings (SSSR count). The van der Waals surface area contributed by atoms with Crippen LogP contribution in [0.5, 0.6) is 0 Å². The van der Waals surface area contributed by atoms with Crippen molar-refractivity contribution < 1.29 is 8.42 Å². The van der Waals surface area contributed by atoms with Gasteiger partial charge in [-0.2, -0.15) is 0 Å². The molecule has 2 aromatic rings. The van der Waals surface area contributed by atoms with E-state index in [1.54, 1.807) is 12.1 Å². The Morgan fingerprint density at radius 3 is 1.92 bits per heavy atom. The molecule has 2 N–H and O–H groups in total. The highest BCUT2D eigenvalue weighted by Crippen LogP contribution is 2.23. The first-order valence-corrected chi connectivity index (χ1v) is 10.9. The molecule has 140 valence electrons.